The first-order valence-corrected chi connectivity index (χ1v) is 12.0. The maximum atomic E-state index is 13.5. The Kier molecular flexibility index (Phi) is 6.45. The Balaban J connectivity index is 1.30. The molecule has 0 radical (unpaired) electrons. The van der Waals surface area contributed by atoms with Crippen LogP contribution in [0.25, 0.3) is 0 Å². The largest absolute Gasteiger partial charge is 0.481 e. The second-order valence-electron chi connectivity index (χ2n) is 8.85. The van der Waals surface area contributed by atoms with E-state index in [-0.39, 0.29) is 5.02 Å². The van der Waals surface area contributed by atoms with Crippen LogP contribution in [-0.4, -0.2) is 46.0 Å². The Bertz CT molecular complexity index is 1140. The molecule has 8 nitrogen and oxygen atoms in total. The van der Waals surface area contributed by atoms with E-state index in [9.17, 15) is 4.39 Å². The number of anilines is 2. The molecule has 10 heteroatoms. The van der Waals surface area contributed by atoms with E-state index in [1.807, 2.05) is 12.1 Å². The van der Waals surface area contributed by atoms with Gasteiger partial charge in [0, 0.05) is 49.7 Å². The van der Waals surface area contributed by atoms with Gasteiger partial charge in [-0.15, -0.1) is 5.10 Å². The summed E-state index contributed by atoms with van der Waals surface area (Å²) in [6.45, 7) is 4.63. The molecule has 2 bridgehead atoms. The molecule has 3 heterocycles. The fourth-order valence-corrected chi connectivity index (χ4v) is 5.16. The predicted molar refractivity (Wildman–Crippen MR) is 128 cm³/mol. The summed E-state index contributed by atoms with van der Waals surface area (Å²) in [5.74, 6) is 2.08. The van der Waals surface area contributed by atoms with E-state index >= 15 is 0 Å². The molecule has 0 spiro atoms. The van der Waals surface area contributed by atoms with Gasteiger partial charge < -0.3 is 19.7 Å². The maximum absolute atomic E-state index is 13.5. The van der Waals surface area contributed by atoms with Gasteiger partial charge in [-0.2, -0.15) is 4.98 Å². The molecule has 2 atom stereocenters. The highest BCUT2D eigenvalue weighted by atomic mass is 35.5. The lowest BCUT2D eigenvalue weighted by Crippen LogP contribution is -2.48. The summed E-state index contributed by atoms with van der Waals surface area (Å²) < 4.78 is 26.5. The van der Waals surface area contributed by atoms with Crippen LogP contribution in [0.4, 0.5) is 16.0 Å². The summed E-state index contributed by atoms with van der Waals surface area (Å²) in [5, 5.41) is 8.25. The van der Waals surface area contributed by atoms with Gasteiger partial charge in [0.2, 0.25) is 11.8 Å². The van der Waals surface area contributed by atoms with Crippen LogP contribution in [0.3, 0.4) is 0 Å². The number of rotatable bonds is 8. The monoisotopic (exact) mass is 486 g/mol. The molecule has 1 aliphatic heterocycles. The van der Waals surface area contributed by atoms with Crippen molar-refractivity contribution in [3.8, 4) is 17.6 Å². The third-order valence-corrected chi connectivity index (χ3v) is 6.89. The van der Waals surface area contributed by atoms with E-state index in [1.165, 1.54) is 18.2 Å². The van der Waals surface area contributed by atoms with Gasteiger partial charge in [-0.25, -0.2) is 14.1 Å². The smallest absolute Gasteiger partial charge is 0.322 e. The first-order chi connectivity index (χ1) is 16.5. The lowest BCUT2D eigenvalue weighted by molar-refractivity contribution is 0.374. The molecule has 2 aromatic heterocycles. The molecule has 34 heavy (non-hydrogen) atoms. The zero-order chi connectivity index (χ0) is 23.7. The van der Waals surface area contributed by atoms with Crippen LogP contribution in [0.5, 0.6) is 17.6 Å². The number of pyridine rings is 1. The van der Waals surface area contributed by atoms with Gasteiger partial charge in [0.1, 0.15) is 11.6 Å². The number of aryl methyl sites for hydroxylation is 1. The van der Waals surface area contributed by atoms with Crippen LogP contribution < -0.4 is 19.7 Å². The molecule has 3 aromatic rings. The van der Waals surface area contributed by atoms with Crippen LogP contribution in [0.1, 0.15) is 26.2 Å². The zero-order valence-corrected chi connectivity index (χ0v) is 20.0. The fraction of sp³-hybridized carbons (Fsp3) is 0.458. The standard InChI is InChI=1S/C24H28ClFN6O2/c1-3-10-32-24(34-18-6-7-20(26)19(25)12-18)29-23(30-32)28-22-15-4-5-16(22)14-31(13-15)17-8-9-27-21(11-17)33-2/h6-9,11-12,15-16,22H,3-5,10,13-14H2,1-2H3,(H,28,30). The number of nitrogens with one attached hydrogen (secondary N) is 1. The van der Waals surface area contributed by atoms with Crippen molar-refractivity contribution in [2.24, 2.45) is 11.8 Å². The van der Waals surface area contributed by atoms with Crippen molar-refractivity contribution in [1.82, 2.24) is 19.7 Å². The number of piperidine rings is 1. The molecule has 2 fully saturated rings. The lowest BCUT2D eigenvalue weighted by atomic mass is 9.92. The molecule has 1 aliphatic carbocycles. The number of halogens is 2. The first kappa shape index (κ1) is 22.7. The minimum Gasteiger partial charge on any atom is -0.481 e. The van der Waals surface area contributed by atoms with Gasteiger partial charge in [0.15, 0.2) is 0 Å². The molecule has 1 aromatic carbocycles. The van der Waals surface area contributed by atoms with E-state index < -0.39 is 5.82 Å². The first-order valence-electron chi connectivity index (χ1n) is 11.6. The average molecular weight is 487 g/mol. The number of methoxy groups -OCH3 is 1. The highest BCUT2D eigenvalue weighted by Gasteiger charge is 2.42. The van der Waals surface area contributed by atoms with Crippen LogP contribution in [0, 0.1) is 17.7 Å². The minimum atomic E-state index is -0.488. The molecule has 2 aliphatic rings. The normalized spacial score (nSPS) is 21.5. The number of aromatic nitrogens is 4. The number of ether oxygens (including phenoxy) is 2. The van der Waals surface area contributed by atoms with Gasteiger partial charge in [-0.1, -0.05) is 18.5 Å². The second kappa shape index (κ2) is 9.66. The van der Waals surface area contributed by atoms with E-state index in [2.05, 4.69) is 32.2 Å². The minimum absolute atomic E-state index is 0.00700. The molecular formula is C24H28ClFN6O2. The van der Waals surface area contributed by atoms with Crippen molar-refractivity contribution >= 4 is 23.2 Å². The quantitative estimate of drug-likeness (QED) is 0.480. The molecule has 1 saturated carbocycles. The lowest BCUT2D eigenvalue weighted by Gasteiger charge is -2.39. The van der Waals surface area contributed by atoms with Crippen LogP contribution in [0.2, 0.25) is 5.02 Å². The molecule has 1 saturated heterocycles. The van der Waals surface area contributed by atoms with Crippen molar-refractivity contribution < 1.29 is 13.9 Å². The topological polar surface area (TPSA) is 77.3 Å². The van der Waals surface area contributed by atoms with Gasteiger partial charge in [0.05, 0.1) is 12.1 Å². The van der Waals surface area contributed by atoms with Gasteiger partial charge in [-0.3, -0.25) is 0 Å². The van der Waals surface area contributed by atoms with E-state index in [4.69, 9.17) is 21.1 Å². The fourth-order valence-electron chi connectivity index (χ4n) is 4.99. The number of nitrogens with zero attached hydrogens (tertiary/aromatic N) is 5. The molecule has 2 unspecified atom stereocenters. The number of fused-ring (bicyclic) bond motifs is 2. The van der Waals surface area contributed by atoms with Gasteiger partial charge in [0.25, 0.3) is 0 Å². The summed E-state index contributed by atoms with van der Waals surface area (Å²) in [6.07, 6.45) is 4.99. The Morgan fingerprint density at radius 2 is 1.97 bits per heavy atom. The van der Waals surface area contributed by atoms with Crippen LogP contribution in [-0.2, 0) is 6.54 Å². The third kappa shape index (κ3) is 4.61. The summed E-state index contributed by atoms with van der Waals surface area (Å²) in [4.78, 5) is 11.3. The van der Waals surface area contributed by atoms with Crippen molar-refractivity contribution in [1.29, 1.82) is 0 Å². The maximum Gasteiger partial charge on any atom is 0.322 e. The molecule has 1 N–H and O–H groups in total. The SMILES string of the molecule is CCCn1nc(NC2C3CCC2CN(c2ccnc(OC)c2)C3)nc1Oc1ccc(F)c(Cl)c1. The van der Waals surface area contributed by atoms with E-state index in [0.29, 0.717) is 48.0 Å². The summed E-state index contributed by atoms with van der Waals surface area (Å²) in [6, 6.07) is 8.94. The van der Waals surface area contributed by atoms with Crippen molar-refractivity contribution in [3.63, 3.8) is 0 Å². The Labute approximate surface area is 203 Å². The Morgan fingerprint density at radius 1 is 1.18 bits per heavy atom. The van der Waals surface area contributed by atoms with Crippen molar-refractivity contribution in [2.45, 2.75) is 38.8 Å². The molecular weight excluding hydrogens is 459 g/mol. The average Bonchev–Trinajstić information content (AvgIpc) is 3.31. The highest BCUT2D eigenvalue weighted by Crippen LogP contribution is 2.40. The molecule has 180 valence electrons. The number of benzene rings is 1. The summed E-state index contributed by atoms with van der Waals surface area (Å²) >= 11 is 5.90. The number of hydrogen-bond donors (Lipinski definition) is 1. The van der Waals surface area contributed by atoms with E-state index in [0.717, 1.165) is 38.0 Å². The van der Waals surface area contributed by atoms with E-state index in [1.54, 1.807) is 18.0 Å². The summed E-state index contributed by atoms with van der Waals surface area (Å²) in [5.41, 5.74) is 1.14. The highest BCUT2D eigenvalue weighted by molar-refractivity contribution is 6.30. The van der Waals surface area contributed by atoms with Crippen molar-refractivity contribution in [2.75, 3.05) is 30.4 Å². The van der Waals surface area contributed by atoms with Crippen LogP contribution >= 0.6 is 11.6 Å². The Morgan fingerprint density at radius 3 is 2.68 bits per heavy atom. The number of hydrogen-bond acceptors (Lipinski definition) is 7. The molecule has 0 amide bonds. The predicted octanol–water partition coefficient (Wildman–Crippen LogP) is 5.00. The Hall–Kier alpha value is -3.07. The summed E-state index contributed by atoms with van der Waals surface area (Å²) in [7, 11) is 1.64. The molecule has 5 rings (SSSR count). The van der Waals surface area contributed by atoms with Gasteiger partial charge >= 0.3 is 6.01 Å². The van der Waals surface area contributed by atoms with Crippen LogP contribution in [0.15, 0.2) is 36.5 Å². The third-order valence-electron chi connectivity index (χ3n) is 6.60. The zero-order valence-electron chi connectivity index (χ0n) is 19.2. The second-order valence-corrected chi connectivity index (χ2v) is 9.26. The van der Waals surface area contributed by atoms with Gasteiger partial charge in [-0.05, 0) is 49.3 Å². The van der Waals surface area contributed by atoms with Crippen molar-refractivity contribution in [3.05, 3.63) is 47.4 Å².